The Bertz CT molecular complexity index is 439. The van der Waals surface area contributed by atoms with Crippen molar-refractivity contribution >= 4 is 24.0 Å². The molecule has 0 fully saturated rings. The van der Waals surface area contributed by atoms with Crippen LogP contribution in [0.3, 0.4) is 0 Å². The van der Waals surface area contributed by atoms with Crippen LogP contribution in [-0.4, -0.2) is 11.2 Å². The molecule has 0 heterocycles. The van der Waals surface area contributed by atoms with E-state index in [1.54, 1.807) is 0 Å². The normalized spacial score (nSPS) is 14.7. The predicted octanol–water partition coefficient (Wildman–Crippen LogP) is 3.69. The lowest BCUT2D eigenvalue weighted by Crippen LogP contribution is -2.29. The van der Waals surface area contributed by atoms with Crippen molar-refractivity contribution in [2.45, 2.75) is 31.7 Å². The van der Waals surface area contributed by atoms with Crippen molar-refractivity contribution in [3.05, 3.63) is 34.1 Å². The van der Waals surface area contributed by atoms with Crippen LogP contribution in [0.2, 0.25) is 5.02 Å². The summed E-state index contributed by atoms with van der Waals surface area (Å²) in [6.45, 7) is 1.53. The summed E-state index contributed by atoms with van der Waals surface area (Å²) in [6, 6.07) is -0.0117. The minimum Gasteiger partial charge on any atom is -0.391 e. The molecule has 3 N–H and O–H groups in total. The molecule has 8 heteroatoms. The highest BCUT2D eigenvalue weighted by Gasteiger charge is 2.38. The largest absolute Gasteiger partial charge is 0.416 e. The van der Waals surface area contributed by atoms with Gasteiger partial charge >= 0.3 is 6.18 Å². The van der Waals surface area contributed by atoms with Crippen molar-refractivity contribution in [2.75, 3.05) is 0 Å². The third-order valence-electron chi connectivity index (χ3n) is 2.60. The van der Waals surface area contributed by atoms with Crippen molar-refractivity contribution in [3.63, 3.8) is 0 Å². The van der Waals surface area contributed by atoms with Crippen LogP contribution >= 0.6 is 24.0 Å². The molecule has 0 saturated heterocycles. The average molecular weight is 322 g/mol. The molecular weight excluding hydrogens is 309 g/mol. The first-order chi connectivity index (χ1) is 8.20. The maximum Gasteiger partial charge on any atom is 0.416 e. The fraction of sp³-hybridized carbons (Fsp3) is 0.455. The molecule has 0 spiro atoms. The second-order valence-corrected chi connectivity index (χ2v) is 4.23. The first-order valence-electron chi connectivity index (χ1n) is 5.18. The van der Waals surface area contributed by atoms with Gasteiger partial charge in [0.05, 0.1) is 22.7 Å². The van der Waals surface area contributed by atoms with Gasteiger partial charge in [-0.3, -0.25) is 0 Å². The van der Waals surface area contributed by atoms with E-state index in [1.165, 1.54) is 6.92 Å². The minimum absolute atomic E-state index is 0. The Morgan fingerprint density at radius 3 is 2.32 bits per heavy atom. The Kier molecular flexibility index (Phi) is 6.54. The van der Waals surface area contributed by atoms with Gasteiger partial charge in [-0.15, -0.1) is 12.4 Å². The van der Waals surface area contributed by atoms with Crippen molar-refractivity contribution in [1.82, 2.24) is 0 Å². The summed E-state index contributed by atoms with van der Waals surface area (Å²) < 4.78 is 51.9. The van der Waals surface area contributed by atoms with E-state index in [0.29, 0.717) is 6.07 Å². The first-order valence-corrected chi connectivity index (χ1v) is 5.56. The molecule has 2 atom stereocenters. The van der Waals surface area contributed by atoms with E-state index in [9.17, 15) is 22.7 Å². The summed E-state index contributed by atoms with van der Waals surface area (Å²) in [5, 5.41) is 9.02. The molecule has 0 bridgehead atoms. The van der Waals surface area contributed by atoms with Gasteiger partial charge in [-0.1, -0.05) is 18.5 Å². The van der Waals surface area contributed by atoms with Crippen LogP contribution in [0.1, 0.15) is 30.5 Å². The summed E-state index contributed by atoms with van der Waals surface area (Å²) in [6.07, 6.45) is -5.94. The zero-order valence-corrected chi connectivity index (χ0v) is 11.4. The molecule has 2 nitrogen and oxygen atoms in total. The number of benzene rings is 1. The lowest BCUT2D eigenvalue weighted by molar-refractivity contribution is -0.138. The highest BCUT2D eigenvalue weighted by molar-refractivity contribution is 6.30. The summed E-state index contributed by atoms with van der Waals surface area (Å²) in [4.78, 5) is 0. The number of aliphatic hydroxyl groups excluding tert-OH is 1. The Balaban J connectivity index is 0.00000324. The van der Waals surface area contributed by atoms with Crippen molar-refractivity contribution in [2.24, 2.45) is 5.73 Å². The number of nitrogens with two attached hydrogens (primary N) is 1. The highest BCUT2D eigenvalue weighted by Crippen LogP contribution is 2.38. The molecule has 0 aromatic heterocycles. The second-order valence-electron chi connectivity index (χ2n) is 3.82. The van der Waals surface area contributed by atoms with Gasteiger partial charge in [0.1, 0.15) is 5.82 Å². The zero-order valence-electron chi connectivity index (χ0n) is 9.84. The average Bonchev–Trinajstić information content (AvgIpc) is 2.29. The standard InChI is InChI=1S/C11H12ClF4NO.ClH/c1-2-7(18)10(17)8-5(11(14,15)16)3-4-6(12)9(8)13;/h3-4,7,10,18H,2,17H2,1H3;1H/t7-,10-;/m0./s1. The molecule has 0 aliphatic heterocycles. The lowest BCUT2D eigenvalue weighted by atomic mass is 9.94. The SMILES string of the molecule is CC[C@H](O)[C@H](N)c1c(C(F)(F)F)ccc(Cl)c1F.Cl. The van der Waals surface area contributed by atoms with E-state index in [1.807, 2.05) is 0 Å². The molecule has 1 rings (SSSR count). The molecule has 1 aromatic carbocycles. The smallest absolute Gasteiger partial charge is 0.391 e. The Morgan fingerprint density at radius 2 is 1.89 bits per heavy atom. The molecule has 0 radical (unpaired) electrons. The quantitative estimate of drug-likeness (QED) is 0.834. The van der Waals surface area contributed by atoms with Gasteiger partial charge in [-0.05, 0) is 18.6 Å². The maximum absolute atomic E-state index is 13.7. The summed E-state index contributed by atoms with van der Waals surface area (Å²) in [5.74, 6) is -1.24. The Labute approximate surface area is 119 Å². The van der Waals surface area contributed by atoms with Crippen molar-refractivity contribution in [3.8, 4) is 0 Å². The zero-order chi connectivity index (χ0) is 14.1. The van der Waals surface area contributed by atoms with Gasteiger partial charge < -0.3 is 10.8 Å². The van der Waals surface area contributed by atoms with Gasteiger partial charge in [-0.25, -0.2) is 4.39 Å². The van der Waals surface area contributed by atoms with Gasteiger partial charge in [0.2, 0.25) is 0 Å². The van der Waals surface area contributed by atoms with E-state index >= 15 is 0 Å². The second kappa shape index (κ2) is 6.74. The number of alkyl halides is 3. The third kappa shape index (κ3) is 3.95. The van der Waals surface area contributed by atoms with Crippen LogP contribution in [0.15, 0.2) is 12.1 Å². The van der Waals surface area contributed by atoms with Crippen LogP contribution in [0, 0.1) is 5.82 Å². The van der Waals surface area contributed by atoms with E-state index < -0.39 is 40.3 Å². The molecule has 110 valence electrons. The van der Waals surface area contributed by atoms with Gasteiger partial charge in [0, 0.05) is 5.56 Å². The number of rotatable bonds is 3. The van der Waals surface area contributed by atoms with Gasteiger partial charge in [0.15, 0.2) is 0 Å². The summed E-state index contributed by atoms with van der Waals surface area (Å²) in [7, 11) is 0. The first kappa shape index (κ1) is 18.4. The monoisotopic (exact) mass is 321 g/mol. The molecular formula is C11H13Cl2F4NO. The lowest BCUT2D eigenvalue weighted by Gasteiger charge is -2.23. The molecule has 19 heavy (non-hydrogen) atoms. The van der Waals surface area contributed by atoms with Gasteiger partial charge in [-0.2, -0.15) is 13.2 Å². The fourth-order valence-electron chi connectivity index (χ4n) is 1.59. The van der Waals surface area contributed by atoms with Crippen LogP contribution in [0.5, 0.6) is 0 Å². The number of hydrogen-bond donors (Lipinski definition) is 2. The molecule has 1 aromatic rings. The van der Waals surface area contributed by atoms with E-state index in [2.05, 4.69) is 0 Å². The Hall–Kier alpha value is -0.560. The van der Waals surface area contributed by atoms with E-state index in [4.69, 9.17) is 17.3 Å². The molecule has 0 unspecified atom stereocenters. The van der Waals surface area contributed by atoms with Crippen molar-refractivity contribution < 1.29 is 22.7 Å². The minimum atomic E-state index is -4.76. The molecule has 0 aliphatic rings. The number of halogens is 6. The number of hydrogen-bond acceptors (Lipinski definition) is 2. The van der Waals surface area contributed by atoms with E-state index in [-0.39, 0.29) is 18.8 Å². The molecule has 0 saturated carbocycles. The predicted molar refractivity (Wildman–Crippen MR) is 66.9 cm³/mol. The fourth-order valence-corrected chi connectivity index (χ4v) is 1.75. The topological polar surface area (TPSA) is 46.2 Å². The van der Waals surface area contributed by atoms with Crippen molar-refractivity contribution in [1.29, 1.82) is 0 Å². The van der Waals surface area contributed by atoms with Crippen LogP contribution in [0.4, 0.5) is 17.6 Å². The maximum atomic E-state index is 13.7. The summed E-state index contributed by atoms with van der Waals surface area (Å²) in [5.41, 5.74) is 3.45. The van der Waals surface area contributed by atoms with Crippen LogP contribution in [0.25, 0.3) is 0 Å². The highest BCUT2D eigenvalue weighted by atomic mass is 35.5. The van der Waals surface area contributed by atoms with Crippen LogP contribution in [-0.2, 0) is 6.18 Å². The molecule has 0 aliphatic carbocycles. The number of aliphatic hydroxyl groups is 1. The van der Waals surface area contributed by atoms with Gasteiger partial charge in [0.25, 0.3) is 0 Å². The third-order valence-corrected chi connectivity index (χ3v) is 2.90. The summed E-state index contributed by atoms with van der Waals surface area (Å²) >= 11 is 5.45. The van der Waals surface area contributed by atoms with Crippen LogP contribution < -0.4 is 5.73 Å². The van der Waals surface area contributed by atoms with E-state index in [0.717, 1.165) is 6.07 Å². The Morgan fingerprint density at radius 1 is 1.37 bits per heavy atom. The molecule has 0 amide bonds.